The Kier molecular flexibility index (Phi) is 7.72. The van der Waals surface area contributed by atoms with Gasteiger partial charge in [-0.2, -0.15) is 0 Å². The van der Waals surface area contributed by atoms with Crippen LogP contribution in [0.2, 0.25) is 0 Å². The molecule has 0 spiro atoms. The Morgan fingerprint density at radius 3 is 2.48 bits per heavy atom. The zero-order chi connectivity index (χ0) is 15.8. The molecule has 1 saturated heterocycles. The summed E-state index contributed by atoms with van der Waals surface area (Å²) in [6.07, 6.45) is 2.66. The molecule has 0 aromatic carbocycles. The van der Waals surface area contributed by atoms with E-state index < -0.39 is 6.04 Å². The lowest BCUT2D eigenvalue weighted by Crippen LogP contribution is -2.50. The van der Waals surface area contributed by atoms with Crippen LogP contribution in [0.25, 0.3) is 0 Å². The molecule has 1 aliphatic rings. The number of nitrogens with one attached hydrogen (secondary N) is 3. The molecule has 0 bridgehead atoms. The van der Waals surface area contributed by atoms with Crippen LogP contribution >= 0.6 is 0 Å². The predicted octanol–water partition coefficient (Wildman–Crippen LogP) is 1.29. The molecule has 2 atom stereocenters. The largest absolute Gasteiger partial charge is 0.354 e. The van der Waals surface area contributed by atoms with E-state index in [-0.39, 0.29) is 17.7 Å². The van der Waals surface area contributed by atoms with Crippen LogP contribution in [0.3, 0.4) is 0 Å². The first-order valence-corrected chi connectivity index (χ1v) is 8.18. The van der Waals surface area contributed by atoms with E-state index >= 15 is 0 Å². The maximum atomic E-state index is 12.2. The summed E-state index contributed by atoms with van der Waals surface area (Å²) in [4.78, 5) is 24.1. The minimum absolute atomic E-state index is 0.0427. The molecule has 0 aliphatic carbocycles. The lowest BCUT2D eigenvalue weighted by Gasteiger charge is -2.22. The van der Waals surface area contributed by atoms with Crippen molar-refractivity contribution >= 4 is 11.8 Å². The van der Waals surface area contributed by atoms with Gasteiger partial charge in [0.25, 0.3) is 0 Å². The van der Waals surface area contributed by atoms with E-state index in [0.717, 1.165) is 19.5 Å². The Morgan fingerprint density at radius 1 is 1.24 bits per heavy atom. The van der Waals surface area contributed by atoms with E-state index in [1.54, 1.807) is 0 Å². The van der Waals surface area contributed by atoms with Gasteiger partial charge in [0.15, 0.2) is 0 Å². The fraction of sp³-hybridized carbons (Fsp3) is 0.875. The minimum atomic E-state index is -0.432. The van der Waals surface area contributed by atoms with E-state index in [2.05, 4.69) is 16.0 Å². The second-order valence-corrected chi connectivity index (χ2v) is 6.83. The van der Waals surface area contributed by atoms with Crippen LogP contribution in [0, 0.1) is 17.8 Å². The normalized spacial score (nSPS) is 19.8. The molecule has 3 N–H and O–H groups in total. The predicted molar refractivity (Wildman–Crippen MR) is 84.8 cm³/mol. The molecule has 2 unspecified atom stereocenters. The van der Waals surface area contributed by atoms with Gasteiger partial charge in [-0.25, -0.2) is 0 Å². The van der Waals surface area contributed by atoms with E-state index in [0.29, 0.717) is 24.8 Å². The van der Waals surface area contributed by atoms with Crippen LogP contribution in [0.15, 0.2) is 0 Å². The molecule has 5 nitrogen and oxygen atoms in total. The number of hydrogen-bond acceptors (Lipinski definition) is 3. The maximum Gasteiger partial charge on any atom is 0.242 e. The maximum absolute atomic E-state index is 12.2. The number of carbonyl (C=O) groups excluding carboxylic acids is 2. The van der Waals surface area contributed by atoms with Crippen LogP contribution in [-0.2, 0) is 9.59 Å². The van der Waals surface area contributed by atoms with E-state index in [1.165, 1.54) is 6.42 Å². The van der Waals surface area contributed by atoms with Gasteiger partial charge < -0.3 is 16.0 Å². The van der Waals surface area contributed by atoms with Gasteiger partial charge in [0.2, 0.25) is 11.8 Å². The Labute approximate surface area is 128 Å². The molecule has 1 fully saturated rings. The van der Waals surface area contributed by atoms with Crippen molar-refractivity contribution in [2.75, 3.05) is 19.6 Å². The number of carbonyl (C=O) groups is 2. The smallest absolute Gasteiger partial charge is 0.242 e. The fourth-order valence-corrected chi connectivity index (χ4v) is 2.61. The molecule has 21 heavy (non-hydrogen) atoms. The highest BCUT2D eigenvalue weighted by Crippen LogP contribution is 2.11. The van der Waals surface area contributed by atoms with Crippen molar-refractivity contribution in [2.24, 2.45) is 17.8 Å². The molecular formula is C16H31N3O2. The average molecular weight is 297 g/mol. The van der Waals surface area contributed by atoms with Gasteiger partial charge in [0.05, 0.1) is 0 Å². The standard InChI is InChI=1S/C16H31N3O2/c1-11(2)9-14(20)19-15(12(3)4)16(21)18-8-6-13-5-7-17-10-13/h11-13,15,17H,5-10H2,1-4H3,(H,18,21)(H,19,20). The van der Waals surface area contributed by atoms with Crippen molar-refractivity contribution < 1.29 is 9.59 Å². The first-order valence-electron chi connectivity index (χ1n) is 8.18. The van der Waals surface area contributed by atoms with Gasteiger partial charge >= 0.3 is 0 Å². The minimum Gasteiger partial charge on any atom is -0.354 e. The van der Waals surface area contributed by atoms with Gasteiger partial charge in [-0.3, -0.25) is 9.59 Å². The van der Waals surface area contributed by atoms with Crippen LogP contribution in [0.1, 0.15) is 47.0 Å². The van der Waals surface area contributed by atoms with Gasteiger partial charge in [0.1, 0.15) is 6.04 Å². The molecule has 1 aliphatic heterocycles. The van der Waals surface area contributed by atoms with Gasteiger partial charge in [0, 0.05) is 13.0 Å². The SMILES string of the molecule is CC(C)CC(=O)NC(C(=O)NCCC1CCNC1)C(C)C. The topological polar surface area (TPSA) is 70.2 Å². The second kappa shape index (κ2) is 9.03. The third-order valence-corrected chi connectivity index (χ3v) is 3.87. The first kappa shape index (κ1) is 18.0. The highest BCUT2D eigenvalue weighted by molar-refractivity contribution is 5.87. The molecule has 0 aromatic heterocycles. The third-order valence-electron chi connectivity index (χ3n) is 3.87. The van der Waals surface area contributed by atoms with Crippen LogP contribution in [0.5, 0.6) is 0 Å². The molecule has 0 radical (unpaired) electrons. The number of amides is 2. The fourth-order valence-electron chi connectivity index (χ4n) is 2.61. The van der Waals surface area contributed by atoms with Gasteiger partial charge in [-0.1, -0.05) is 27.7 Å². The molecule has 2 amide bonds. The Morgan fingerprint density at radius 2 is 1.95 bits per heavy atom. The highest BCUT2D eigenvalue weighted by Gasteiger charge is 2.24. The van der Waals surface area contributed by atoms with Gasteiger partial charge in [-0.15, -0.1) is 0 Å². The molecular weight excluding hydrogens is 266 g/mol. The summed E-state index contributed by atoms with van der Waals surface area (Å²) < 4.78 is 0. The highest BCUT2D eigenvalue weighted by atomic mass is 16.2. The van der Waals surface area contributed by atoms with E-state index in [9.17, 15) is 9.59 Å². The Bertz CT molecular complexity index is 336. The quantitative estimate of drug-likeness (QED) is 0.632. The zero-order valence-corrected chi connectivity index (χ0v) is 13.9. The summed E-state index contributed by atoms with van der Waals surface area (Å²) in [6.45, 7) is 10.7. The zero-order valence-electron chi connectivity index (χ0n) is 13.9. The summed E-state index contributed by atoms with van der Waals surface area (Å²) in [5.41, 5.74) is 0. The van der Waals surface area contributed by atoms with Crippen molar-refractivity contribution in [2.45, 2.75) is 53.0 Å². The van der Waals surface area contributed by atoms with Crippen LogP contribution in [0.4, 0.5) is 0 Å². The number of hydrogen-bond donors (Lipinski definition) is 3. The molecule has 0 aromatic rings. The second-order valence-electron chi connectivity index (χ2n) is 6.83. The number of rotatable bonds is 8. The van der Waals surface area contributed by atoms with Crippen molar-refractivity contribution in [3.8, 4) is 0 Å². The van der Waals surface area contributed by atoms with E-state index in [4.69, 9.17) is 0 Å². The van der Waals surface area contributed by atoms with E-state index in [1.807, 2.05) is 27.7 Å². The molecule has 1 heterocycles. The monoisotopic (exact) mass is 297 g/mol. The summed E-state index contributed by atoms with van der Waals surface area (Å²) in [6, 6.07) is -0.432. The van der Waals surface area contributed by atoms with Crippen molar-refractivity contribution in [1.29, 1.82) is 0 Å². The Balaban J connectivity index is 2.35. The summed E-state index contributed by atoms with van der Waals surface area (Å²) in [7, 11) is 0. The average Bonchev–Trinajstić information content (AvgIpc) is 2.87. The Hall–Kier alpha value is -1.10. The first-order chi connectivity index (χ1) is 9.90. The lowest BCUT2D eigenvalue weighted by atomic mass is 10.0. The van der Waals surface area contributed by atoms with Gasteiger partial charge in [-0.05, 0) is 43.7 Å². The van der Waals surface area contributed by atoms with Crippen molar-refractivity contribution in [3.05, 3.63) is 0 Å². The van der Waals surface area contributed by atoms with Crippen molar-refractivity contribution in [1.82, 2.24) is 16.0 Å². The molecule has 122 valence electrons. The van der Waals surface area contributed by atoms with Crippen molar-refractivity contribution in [3.63, 3.8) is 0 Å². The van der Waals surface area contributed by atoms with Crippen LogP contribution < -0.4 is 16.0 Å². The molecule has 1 rings (SSSR count). The van der Waals surface area contributed by atoms with Crippen LogP contribution in [-0.4, -0.2) is 37.5 Å². The summed E-state index contributed by atoms with van der Waals surface area (Å²) >= 11 is 0. The molecule has 0 saturated carbocycles. The summed E-state index contributed by atoms with van der Waals surface area (Å²) in [5.74, 6) is 0.954. The molecule has 5 heteroatoms. The lowest BCUT2D eigenvalue weighted by molar-refractivity contribution is -0.130. The summed E-state index contributed by atoms with van der Waals surface area (Å²) in [5, 5.41) is 9.16. The third kappa shape index (κ3) is 6.93.